The van der Waals surface area contributed by atoms with Crippen molar-refractivity contribution in [3.63, 3.8) is 0 Å². The number of fused-ring (bicyclic) bond motifs is 1. The van der Waals surface area contributed by atoms with Crippen molar-refractivity contribution in [3.05, 3.63) is 106 Å². The minimum atomic E-state index is -0.201. The van der Waals surface area contributed by atoms with Crippen LogP contribution in [0.5, 0.6) is 11.5 Å². The van der Waals surface area contributed by atoms with Gasteiger partial charge in [-0.25, -0.2) is 4.98 Å². The number of nitrogens with one attached hydrogen (secondary N) is 1. The van der Waals surface area contributed by atoms with E-state index in [1.165, 1.54) is 6.08 Å². The molecule has 0 spiro atoms. The fourth-order valence-electron chi connectivity index (χ4n) is 3.44. The van der Waals surface area contributed by atoms with Crippen molar-refractivity contribution in [2.45, 2.75) is 13.5 Å². The van der Waals surface area contributed by atoms with E-state index in [9.17, 15) is 4.79 Å². The molecular formula is C28H24Cl2N2O3. The summed E-state index contributed by atoms with van der Waals surface area (Å²) >= 11 is 13.0. The van der Waals surface area contributed by atoms with Gasteiger partial charge in [0.25, 0.3) is 0 Å². The number of carbonyl (C=O) groups excluding carboxylic acids is 1. The fraction of sp³-hybridized carbons (Fsp3) is 0.143. The second-order valence-corrected chi connectivity index (χ2v) is 8.56. The Morgan fingerprint density at radius 1 is 0.971 bits per heavy atom. The van der Waals surface area contributed by atoms with Crippen molar-refractivity contribution in [1.82, 2.24) is 10.3 Å². The lowest BCUT2D eigenvalue weighted by Crippen LogP contribution is -2.26. The highest BCUT2D eigenvalue weighted by atomic mass is 35.5. The maximum Gasteiger partial charge on any atom is 0.244 e. The third kappa shape index (κ3) is 6.53. The smallest absolute Gasteiger partial charge is 0.244 e. The molecule has 0 aliphatic carbocycles. The Labute approximate surface area is 214 Å². The van der Waals surface area contributed by atoms with Crippen LogP contribution >= 0.6 is 23.2 Å². The normalized spacial score (nSPS) is 11.1. The van der Waals surface area contributed by atoms with E-state index in [0.717, 1.165) is 22.2 Å². The zero-order chi connectivity index (χ0) is 24.6. The first-order valence-electron chi connectivity index (χ1n) is 11.1. The third-order valence-corrected chi connectivity index (χ3v) is 6.04. The van der Waals surface area contributed by atoms with Crippen molar-refractivity contribution in [2.75, 3.05) is 13.2 Å². The fourth-order valence-corrected chi connectivity index (χ4v) is 3.97. The summed E-state index contributed by atoms with van der Waals surface area (Å²) in [6, 6.07) is 22.8. The van der Waals surface area contributed by atoms with Gasteiger partial charge < -0.3 is 14.8 Å². The lowest BCUT2D eigenvalue weighted by Gasteiger charge is -2.15. The SMILES string of the molecule is Cc1nc2ccccc2cc1OCc1c(Cl)ccc(OCCNC(=O)C=Cc2ccccc2)c1Cl. The molecule has 7 heteroatoms. The molecule has 1 amide bonds. The number of carbonyl (C=O) groups is 1. The highest BCUT2D eigenvalue weighted by molar-refractivity contribution is 6.36. The second kappa shape index (κ2) is 11.7. The summed E-state index contributed by atoms with van der Waals surface area (Å²) in [6.45, 7) is 2.63. The number of hydrogen-bond donors (Lipinski definition) is 1. The first-order chi connectivity index (χ1) is 17.0. The number of aryl methyl sites for hydroxylation is 1. The molecule has 178 valence electrons. The molecule has 4 aromatic rings. The summed E-state index contributed by atoms with van der Waals surface area (Å²) in [7, 11) is 0. The number of rotatable bonds is 9. The van der Waals surface area contributed by atoms with Crippen LogP contribution in [-0.4, -0.2) is 24.0 Å². The van der Waals surface area contributed by atoms with E-state index in [1.54, 1.807) is 18.2 Å². The second-order valence-electron chi connectivity index (χ2n) is 7.77. The molecule has 4 rings (SSSR count). The molecule has 0 bridgehead atoms. The first-order valence-corrected chi connectivity index (χ1v) is 11.9. The molecule has 0 saturated carbocycles. The van der Waals surface area contributed by atoms with Gasteiger partial charge in [0.05, 0.1) is 22.8 Å². The quantitative estimate of drug-likeness (QED) is 0.204. The highest BCUT2D eigenvalue weighted by Crippen LogP contribution is 2.34. The van der Waals surface area contributed by atoms with Crippen molar-refractivity contribution in [2.24, 2.45) is 0 Å². The van der Waals surface area contributed by atoms with E-state index in [0.29, 0.717) is 33.7 Å². The van der Waals surface area contributed by atoms with E-state index >= 15 is 0 Å². The molecular weight excluding hydrogens is 483 g/mol. The number of nitrogens with zero attached hydrogens (tertiary/aromatic N) is 1. The van der Waals surface area contributed by atoms with E-state index in [2.05, 4.69) is 10.3 Å². The lowest BCUT2D eigenvalue weighted by molar-refractivity contribution is -0.116. The minimum Gasteiger partial charge on any atom is -0.490 e. The molecule has 0 aliphatic heterocycles. The van der Waals surface area contributed by atoms with Gasteiger partial charge in [-0.1, -0.05) is 71.7 Å². The lowest BCUT2D eigenvalue weighted by atomic mass is 10.2. The third-order valence-electron chi connectivity index (χ3n) is 5.28. The number of para-hydroxylation sites is 1. The van der Waals surface area contributed by atoms with Crippen molar-refractivity contribution in [1.29, 1.82) is 0 Å². The van der Waals surface area contributed by atoms with Gasteiger partial charge in [0.1, 0.15) is 24.7 Å². The zero-order valence-electron chi connectivity index (χ0n) is 19.1. The Morgan fingerprint density at radius 2 is 1.74 bits per heavy atom. The molecule has 35 heavy (non-hydrogen) atoms. The van der Waals surface area contributed by atoms with Crippen LogP contribution in [0.25, 0.3) is 17.0 Å². The van der Waals surface area contributed by atoms with Gasteiger partial charge >= 0.3 is 0 Å². The standard InChI is InChI=1S/C28H24Cl2N2O3/c1-19-26(17-21-9-5-6-10-24(21)32-19)35-18-22-23(29)12-13-25(28(22)30)34-16-15-31-27(33)14-11-20-7-3-2-4-8-20/h2-14,17H,15-16,18H2,1H3,(H,31,33). The van der Waals surface area contributed by atoms with Crippen LogP contribution in [0.2, 0.25) is 10.0 Å². The number of pyridine rings is 1. The summed E-state index contributed by atoms with van der Waals surface area (Å²) in [4.78, 5) is 16.6. The Morgan fingerprint density at radius 3 is 2.57 bits per heavy atom. The van der Waals surface area contributed by atoms with Gasteiger partial charge in [-0.05, 0) is 42.8 Å². The van der Waals surface area contributed by atoms with Crippen LogP contribution in [0.1, 0.15) is 16.8 Å². The van der Waals surface area contributed by atoms with Crippen LogP contribution in [0.4, 0.5) is 0 Å². The maximum absolute atomic E-state index is 12.0. The van der Waals surface area contributed by atoms with Crippen LogP contribution in [0.15, 0.2) is 78.9 Å². The van der Waals surface area contributed by atoms with Crippen LogP contribution in [0, 0.1) is 6.92 Å². The summed E-state index contributed by atoms with van der Waals surface area (Å²) in [5, 5.41) is 4.63. The maximum atomic E-state index is 12.0. The summed E-state index contributed by atoms with van der Waals surface area (Å²) < 4.78 is 11.8. The molecule has 0 saturated heterocycles. The number of amides is 1. The molecule has 0 radical (unpaired) electrons. The van der Waals surface area contributed by atoms with Crippen LogP contribution in [-0.2, 0) is 11.4 Å². The van der Waals surface area contributed by atoms with Gasteiger partial charge in [0, 0.05) is 22.0 Å². The Kier molecular flexibility index (Phi) is 8.24. The Hall–Kier alpha value is -3.54. The van der Waals surface area contributed by atoms with Crippen molar-refractivity contribution >= 4 is 46.1 Å². The zero-order valence-corrected chi connectivity index (χ0v) is 20.6. The van der Waals surface area contributed by atoms with E-state index < -0.39 is 0 Å². The Bertz CT molecular complexity index is 1360. The number of halogens is 2. The minimum absolute atomic E-state index is 0.163. The van der Waals surface area contributed by atoms with Gasteiger partial charge in [-0.15, -0.1) is 0 Å². The predicted molar refractivity (Wildman–Crippen MR) is 141 cm³/mol. The van der Waals surface area contributed by atoms with Crippen LogP contribution < -0.4 is 14.8 Å². The van der Waals surface area contributed by atoms with Crippen molar-refractivity contribution < 1.29 is 14.3 Å². The van der Waals surface area contributed by atoms with Gasteiger partial charge in [-0.2, -0.15) is 0 Å². The average Bonchev–Trinajstić information content (AvgIpc) is 2.87. The largest absolute Gasteiger partial charge is 0.490 e. The van der Waals surface area contributed by atoms with Gasteiger partial charge in [0.15, 0.2) is 0 Å². The molecule has 1 aromatic heterocycles. The summed E-state index contributed by atoms with van der Waals surface area (Å²) in [5.41, 5.74) is 3.26. The predicted octanol–water partition coefficient (Wildman–Crippen LogP) is 6.64. The van der Waals surface area contributed by atoms with E-state index in [4.69, 9.17) is 32.7 Å². The van der Waals surface area contributed by atoms with E-state index in [1.807, 2.05) is 67.6 Å². The van der Waals surface area contributed by atoms with Crippen molar-refractivity contribution in [3.8, 4) is 11.5 Å². The topological polar surface area (TPSA) is 60.5 Å². The molecule has 0 aliphatic rings. The van der Waals surface area contributed by atoms with Crippen LogP contribution in [0.3, 0.4) is 0 Å². The number of hydrogen-bond acceptors (Lipinski definition) is 4. The molecule has 0 atom stereocenters. The number of ether oxygens (including phenoxy) is 2. The van der Waals surface area contributed by atoms with Gasteiger partial charge in [-0.3, -0.25) is 4.79 Å². The highest BCUT2D eigenvalue weighted by Gasteiger charge is 2.14. The van der Waals surface area contributed by atoms with E-state index in [-0.39, 0.29) is 19.1 Å². The summed E-state index contributed by atoms with van der Waals surface area (Å²) in [5.74, 6) is 0.929. The summed E-state index contributed by atoms with van der Waals surface area (Å²) in [6.07, 6.45) is 3.25. The molecule has 0 unspecified atom stereocenters. The molecule has 5 nitrogen and oxygen atoms in total. The average molecular weight is 507 g/mol. The van der Waals surface area contributed by atoms with Gasteiger partial charge in [0.2, 0.25) is 5.91 Å². The molecule has 1 heterocycles. The molecule has 1 N–H and O–H groups in total. The molecule has 3 aromatic carbocycles. The monoisotopic (exact) mass is 506 g/mol. The Balaban J connectivity index is 1.33. The number of benzene rings is 3. The first kappa shape index (κ1) is 24.6. The molecule has 0 fully saturated rings. The number of aromatic nitrogens is 1.